The highest BCUT2D eigenvalue weighted by Crippen LogP contribution is 2.41. The normalized spacial score (nSPS) is 18.8. The van der Waals surface area contributed by atoms with Gasteiger partial charge >= 0.3 is 5.97 Å². The topological polar surface area (TPSA) is 76.1 Å². The van der Waals surface area contributed by atoms with Crippen LogP contribution < -0.4 is 4.74 Å². The van der Waals surface area contributed by atoms with Gasteiger partial charge in [0, 0.05) is 6.54 Å². The molecule has 0 amide bonds. The van der Waals surface area contributed by atoms with Gasteiger partial charge in [0.15, 0.2) is 5.76 Å². The molecule has 0 radical (unpaired) electrons. The second kappa shape index (κ2) is 8.28. The third kappa shape index (κ3) is 3.60. The van der Waals surface area contributed by atoms with Crippen molar-refractivity contribution in [3.8, 4) is 11.5 Å². The Morgan fingerprint density at radius 3 is 2.72 bits per heavy atom. The number of benzene rings is 2. The average molecular weight is 431 g/mol. The molecule has 2 aromatic rings. The zero-order valence-corrected chi connectivity index (χ0v) is 18.0. The lowest BCUT2D eigenvalue weighted by molar-refractivity contribution is 0.0600. The van der Waals surface area contributed by atoms with E-state index in [0.29, 0.717) is 35.4 Å². The number of carbonyl (C=O) groups is 2. The van der Waals surface area contributed by atoms with Crippen LogP contribution in [-0.2, 0) is 17.7 Å². The van der Waals surface area contributed by atoms with Gasteiger partial charge in [-0.3, -0.25) is 9.69 Å². The number of carbonyl (C=O) groups excluding carboxylic acids is 2. The summed E-state index contributed by atoms with van der Waals surface area (Å²) in [6, 6.07) is 8.64. The van der Waals surface area contributed by atoms with Crippen molar-refractivity contribution in [3.63, 3.8) is 0 Å². The first-order valence-corrected chi connectivity index (χ1v) is 11.0. The quantitative estimate of drug-likeness (QED) is 0.576. The summed E-state index contributed by atoms with van der Waals surface area (Å²) in [5, 5.41) is 10.5. The summed E-state index contributed by atoms with van der Waals surface area (Å²) < 4.78 is 10.8. The fraction of sp³-hybridized carbons (Fsp3) is 0.308. The number of aromatic hydroxyl groups is 1. The van der Waals surface area contributed by atoms with E-state index in [1.807, 2.05) is 18.2 Å². The Bertz CT molecular complexity index is 1170. The number of methoxy groups -OCH3 is 1. The Hall–Kier alpha value is -3.38. The number of fused-ring (bicyclic) bond motifs is 2. The molecule has 0 atom stereocenters. The Kier molecular flexibility index (Phi) is 5.31. The Labute approximate surface area is 186 Å². The number of ether oxygens (including phenoxy) is 2. The summed E-state index contributed by atoms with van der Waals surface area (Å²) in [5.74, 6) is 0.322. The van der Waals surface area contributed by atoms with Crippen molar-refractivity contribution in [2.45, 2.75) is 32.2 Å². The van der Waals surface area contributed by atoms with Crippen molar-refractivity contribution in [3.05, 3.63) is 76.1 Å². The molecular weight excluding hydrogens is 406 g/mol. The van der Waals surface area contributed by atoms with Crippen LogP contribution >= 0.6 is 0 Å². The maximum atomic E-state index is 13.1. The molecule has 164 valence electrons. The molecular formula is C26H25NO5. The molecule has 5 rings (SSSR count). The molecule has 1 saturated heterocycles. The van der Waals surface area contributed by atoms with Gasteiger partial charge in [-0.2, -0.15) is 0 Å². The van der Waals surface area contributed by atoms with Crippen molar-refractivity contribution in [1.29, 1.82) is 0 Å². The molecule has 0 spiro atoms. The number of nitrogens with zero attached hydrogens (tertiary/aromatic N) is 1. The molecule has 1 fully saturated rings. The fourth-order valence-electron chi connectivity index (χ4n) is 4.69. The van der Waals surface area contributed by atoms with Crippen molar-refractivity contribution in [2.24, 2.45) is 0 Å². The summed E-state index contributed by atoms with van der Waals surface area (Å²) in [7, 11) is 1.36. The molecule has 0 aromatic heterocycles. The van der Waals surface area contributed by atoms with Crippen LogP contribution in [0, 0.1) is 0 Å². The number of rotatable bonds is 4. The van der Waals surface area contributed by atoms with Gasteiger partial charge in [-0.1, -0.05) is 18.6 Å². The molecule has 2 heterocycles. The van der Waals surface area contributed by atoms with Crippen LogP contribution in [0.5, 0.6) is 11.5 Å². The maximum Gasteiger partial charge on any atom is 0.337 e. The lowest BCUT2D eigenvalue weighted by Crippen LogP contribution is -2.29. The minimum Gasteiger partial charge on any atom is -0.507 e. The number of phenolic OH excluding ortho intramolecular Hbond substituents is 1. The number of likely N-dealkylation sites (tertiary alicyclic amines) is 1. The summed E-state index contributed by atoms with van der Waals surface area (Å²) in [6.07, 6.45) is 7.96. The zero-order chi connectivity index (χ0) is 22.2. The highest BCUT2D eigenvalue weighted by molar-refractivity contribution is 6.14. The molecule has 2 aromatic carbocycles. The molecule has 0 unspecified atom stereocenters. The van der Waals surface area contributed by atoms with Crippen molar-refractivity contribution < 1.29 is 24.2 Å². The maximum absolute atomic E-state index is 13.1. The van der Waals surface area contributed by atoms with Crippen LogP contribution in [0.4, 0.5) is 0 Å². The third-order valence-electron chi connectivity index (χ3n) is 6.41. The molecule has 6 nitrogen and oxygen atoms in total. The largest absolute Gasteiger partial charge is 0.507 e. The summed E-state index contributed by atoms with van der Waals surface area (Å²) in [5.41, 5.74) is 4.52. The van der Waals surface area contributed by atoms with Gasteiger partial charge in [0.2, 0.25) is 5.78 Å². The number of hydrogen-bond acceptors (Lipinski definition) is 6. The number of Topliss-reactive ketones (excluding diaryl/α,β-unsaturated/α-hetero) is 1. The van der Waals surface area contributed by atoms with Gasteiger partial charge in [0.25, 0.3) is 0 Å². The standard InChI is InChI=1S/C26H25NO5/c1-31-26(30)18-7-8-19-16(13-18)5-6-17(19)14-23-24(29)20-9-10-22(28)21(25(20)32-23)15-27-11-3-2-4-12-27/h6-10,13-14,28H,2-5,11-12,15H2,1H3/b23-14-. The third-order valence-corrected chi connectivity index (χ3v) is 6.41. The van der Waals surface area contributed by atoms with E-state index in [9.17, 15) is 14.7 Å². The molecule has 0 bridgehead atoms. The molecule has 32 heavy (non-hydrogen) atoms. The van der Waals surface area contributed by atoms with E-state index in [1.165, 1.54) is 13.5 Å². The number of allylic oxidation sites excluding steroid dienone is 4. The smallest absolute Gasteiger partial charge is 0.337 e. The van der Waals surface area contributed by atoms with Crippen LogP contribution in [0.2, 0.25) is 0 Å². The molecule has 2 aliphatic heterocycles. The summed E-state index contributed by atoms with van der Waals surface area (Å²) >= 11 is 0. The number of ketones is 1. The van der Waals surface area contributed by atoms with Gasteiger partial charge in [-0.05, 0) is 79.4 Å². The minimum absolute atomic E-state index is 0.157. The van der Waals surface area contributed by atoms with E-state index in [0.717, 1.165) is 42.6 Å². The van der Waals surface area contributed by atoms with Gasteiger partial charge in [0.05, 0.1) is 23.8 Å². The van der Waals surface area contributed by atoms with Crippen LogP contribution in [0.1, 0.15) is 56.7 Å². The highest BCUT2D eigenvalue weighted by atomic mass is 16.5. The minimum atomic E-state index is -0.370. The average Bonchev–Trinajstić information content (AvgIpc) is 3.36. The molecule has 6 heteroatoms. The fourth-order valence-corrected chi connectivity index (χ4v) is 4.69. The van der Waals surface area contributed by atoms with Crippen LogP contribution in [0.25, 0.3) is 5.57 Å². The van der Waals surface area contributed by atoms with E-state index >= 15 is 0 Å². The van der Waals surface area contributed by atoms with E-state index < -0.39 is 0 Å². The first-order valence-electron chi connectivity index (χ1n) is 11.0. The van der Waals surface area contributed by atoms with Gasteiger partial charge in [0.1, 0.15) is 11.5 Å². The first-order chi connectivity index (χ1) is 15.5. The summed E-state index contributed by atoms with van der Waals surface area (Å²) in [6.45, 7) is 2.53. The Morgan fingerprint density at radius 1 is 1.16 bits per heavy atom. The van der Waals surface area contributed by atoms with E-state index in [2.05, 4.69) is 4.90 Å². The lowest BCUT2D eigenvalue weighted by atomic mass is 10.0. The van der Waals surface area contributed by atoms with Crippen molar-refractivity contribution in [1.82, 2.24) is 4.90 Å². The monoisotopic (exact) mass is 431 g/mol. The predicted octanol–water partition coefficient (Wildman–Crippen LogP) is 4.26. The van der Waals surface area contributed by atoms with E-state index in [4.69, 9.17) is 9.47 Å². The zero-order valence-electron chi connectivity index (χ0n) is 18.0. The van der Waals surface area contributed by atoms with Crippen LogP contribution in [0.3, 0.4) is 0 Å². The molecule has 0 saturated carbocycles. The highest BCUT2D eigenvalue weighted by Gasteiger charge is 2.32. The van der Waals surface area contributed by atoms with Gasteiger partial charge in [-0.15, -0.1) is 0 Å². The van der Waals surface area contributed by atoms with Gasteiger partial charge in [-0.25, -0.2) is 4.79 Å². The van der Waals surface area contributed by atoms with E-state index in [-0.39, 0.29) is 23.3 Å². The Morgan fingerprint density at radius 2 is 1.94 bits per heavy atom. The van der Waals surface area contributed by atoms with E-state index in [1.54, 1.807) is 24.3 Å². The molecule has 3 aliphatic rings. The van der Waals surface area contributed by atoms with Crippen LogP contribution in [0.15, 0.2) is 48.2 Å². The first kappa shape index (κ1) is 20.5. The molecule has 1 aliphatic carbocycles. The lowest BCUT2D eigenvalue weighted by Gasteiger charge is -2.27. The number of piperidine rings is 1. The van der Waals surface area contributed by atoms with Crippen molar-refractivity contribution >= 4 is 17.3 Å². The number of hydrogen-bond donors (Lipinski definition) is 1. The molecule has 1 N–H and O–H groups in total. The predicted molar refractivity (Wildman–Crippen MR) is 120 cm³/mol. The van der Waals surface area contributed by atoms with Crippen LogP contribution in [-0.4, -0.2) is 42.0 Å². The second-order valence-electron chi connectivity index (χ2n) is 8.44. The second-order valence-corrected chi connectivity index (χ2v) is 8.44. The Balaban J connectivity index is 1.42. The van der Waals surface area contributed by atoms with Gasteiger partial charge < -0.3 is 14.6 Å². The van der Waals surface area contributed by atoms with Crippen molar-refractivity contribution in [2.75, 3.05) is 20.2 Å². The summed E-state index contributed by atoms with van der Waals surface area (Å²) in [4.78, 5) is 27.2. The number of phenols is 1. The SMILES string of the molecule is COC(=O)c1ccc2c(c1)CC=C2/C=C1\Oc2c(ccc(O)c2CN2CCCCC2)C1=O. The number of esters is 1.